The molecule has 0 amide bonds. The first kappa shape index (κ1) is 19.4. The number of benzene rings is 1. The summed E-state index contributed by atoms with van der Waals surface area (Å²) in [6.45, 7) is 8.00. The molecule has 0 saturated carbocycles. The molecule has 0 saturated heterocycles. The van der Waals surface area contributed by atoms with Crippen LogP contribution < -0.4 is 10.9 Å². The molecule has 0 aliphatic heterocycles. The van der Waals surface area contributed by atoms with E-state index in [-0.39, 0.29) is 11.0 Å². The second-order valence-corrected chi connectivity index (χ2v) is 8.59. The van der Waals surface area contributed by atoms with Gasteiger partial charge in [0.05, 0.1) is 15.9 Å². The molecular weight excluding hydrogens is 390 g/mol. The summed E-state index contributed by atoms with van der Waals surface area (Å²) in [5, 5.41) is 4.26. The fourth-order valence-electron chi connectivity index (χ4n) is 2.68. The van der Waals surface area contributed by atoms with E-state index in [0.29, 0.717) is 22.5 Å². The summed E-state index contributed by atoms with van der Waals surface area (Å²) in [4.78, 5) is 17.8. The molecule has 1 N–H and O–H groups in total. The fourth-order valence-corrected chi connectivity index (χ4v) is 3.17. The predicted octanol–water partition coefficient (Wildman–Crippen LogP) is 4.40. The van der Waals surface area contributed by atoms with Gasteiger partial charge in [-0.2, -0.15) is 0 Å². The zero-order chi connectivity index (χ0) is 17.9. The highest BCUT2D eigenvalue weighted by Gasteiger charge is 2.18. The molecule has 0 radical (unpaired) electrons. The summed E-state index contributed by atoms with van der Waals surface area (Å²) in [6, 6.07) is 3.54. The van der Waals surface area contributed by atoms with Gasteiger partial charge in [0.2, 0.25) is 0 Å². The highest BCUT2D eigenvalue weighted by Crippen LogP contribution is 2.27. The van der Waals surface area contributed by atoms with E-state index < -0.39 is 0 Å². The lowest BCUT2D eigenvalue weighted by molar-refractivity contribution is 0.330. The number of hydrogen-bond donors (Lipinski definition) is 1. The summed E-state index contributed by atoms with van der Waals surface area (Å²) >= 11 is 9.59. The van der Waals surface area contributed by atoms with Crippen LogP contribution in [0, 0.1) is 5.41 Å². The van der Waals surface area contributed by atoms with Crippen molar-refractivity contribution in [1.82, 2.24) is 14.9 Å². The molecule has 1 heterocycles. The van der Waals surface area contributed by atoms with Gasteiger partial charge in [-0.05, 0) is 59.9 Å². The highest BCUT2D eigenvalue weighted by molar-refractivity contribution is 9.10. The molecule has 1 aromatic heterocycles. The molecule has 0 aliphatic carbocycles. The van der Waals surface area contributed by atoms with Gasteiger partial charge in [-0.15, -0.1) is 0 Å². The van der Waals surface area contributed by atoms with E-state index in [4.69, 9.17) is 16.6 Å². The third-order valence-electron chi connectivity index (χ3n) is 3.78. The van der Waals surface area contributed by atoms with Crippen LogP contribution in [-0.4, -0.2) is 23.1 Å². The third-order valence-corrected chi connectivity index (χ3v) is 4.98. The SMILES string of the molecule is CNCCCCc1nc2cc(Br)c(Cl)cc2c(=O)n1CC(C)(C)C. The van der Waals surface area contributed by atoms with Crippen molar-refractivity contribution in [3.63, 3.8) is 0 Å². The fraction of sp³-hybridized carbons (Fsp3) is 0.556. The van der Waals surface area contributed by atoms with Crippen LogP contribution in [0.1, 0.15) is 39.4 Å². The lowest BCUT2D eigenvalue weighted by atomic mass is 9.96. The second kappa shape index (κ2) is 7.98. The monoisotopic (exact) mass is 413 g/mol. The Bertz CT molecular complexity index is 780. The molecule has 1 aromatic carbocycles. The van der Waals surface area contributed by atoms with Crippen molar-refractivity contribution >= 4 is 38.4 Å². The van der Waals surface area contributed by atoms with Crippen molar-refractivity contribution < 1.29 is 0 Å². The first-order valence-corrected chi connectivity index (χ1v) is 9.43. The molecule has 0 aliphatic rings. The van der Waals surface area contributed by atoms with Crippen LogP contribution in [0.4, 0.5) is 0 Å². The maximum absolute atomic E-state index is 13.0. The number of nitrogens with zero attached hydrogens (tertiary/aromatic N) is 2. The average molecular weight is 415 g/mol. The van der Waals surface area contributed by atoms with Gasteiger partial charge in [-0.1, -0.05) is 32.4 Å². The number of nitrogens with one attached hydrogen (secondary N) is 1. The highest BCUT2D eigenvalue weighted by atomic mass is 79.9. The van der Waals surface area contributed by atoms with Crippen molar-refractivity contribution in [2.45, 2.75) is 46.6 Å². The molecule has 6 heteroatoms. The van der Waals surface area contributed by atoms with Gasteiger partial charge in [-0.25, -0.2) is 4.98 Å². The van der Waals surface area contributed by atoms with Gasteiger partial charge in [0.1, 0.15) is 5.82 Å². The van der Waals surface area contributed by atoms with E-state index in [1.807, 2.05) is 17.7 Å². The standard InChI is InChI=1S/C18H25BrClN3O/c1-18(2,3)11-23-16(7-5-6-8-21-4)22-15-10-13(19)14(20)9-12(15)17(23)24/h9-10,21H,5-8,11H2,1-4H3. The summed E-state index contributed by atoms with van der Waals surface area (Å²) in [6.07, 6.45) is 2.85. The van der Waals surface area contributed by atoms with Crippen LogP contribution in [0.25, 0.3) is 10.9 Å². The van der Waals surface area contributed by atoms with E-state index in [1.54, 1.807) is 6.07 Å². The number of aromatic nitrogens is 2. The maximum atomic E-state index is 13.0. The molecule has 2 aromatic rings. The Morgan fingerprint density at radius 1 is 1.29 bits per heavy atom. The quantitative estimate of drug-likeness (QED) is 0.713. The van der Waals surface area contributed by atoms with Gasteiger partial charge < -0.3 is 5.32 Å². The van der Waals surface area contributed by atoms with E-state index >= 15 is 0 Å². The predicted molar refractivity (Wildman–Crippen MR) is 105 cm³/mol. The van der Waals surface area contributed by atoms with Crippen LogP contribution >= 0.6 is 27.5 Å². The van der Waals surface area contributed by atoms with Crippen molar-refractivity contribution in [3.8, 4) is 0 Å². The lowest BCUT2D eigenvalue weighted by Crippen LogP contribution is -2.30. The van der Waals surface area contributed by atoms with Gasteiger partial charge in [0.15, 0.2) is 0 Å². The van der Waals surface area contributed by atoms with E-state index in [9.17, 15) is 4.79 Å². The Labute approximate surface area is 156 Å². The largest absolute Gasteiger partial charge is 0.320 e. The summed E-state index contributed by atoms with van der Waals surface area (Å²) in [7, 11) is 1.95. The zero-order valence-electron chi connectivity index (χ0n) is 14.7. The number of fused-ring (bicyclic) bond motifs is 1. The number of aryl methyl sites for hydroxylation is 1. The topological polar surface area (TPSA) is 46.9 Å². The lowest BCUT2D eigenvalue weighted by Gasteiger charge is -2.22. The first-order valence-electron chi connectivity index (χ1n) is 8.26. The molecule has 0 spiro atoms. The Kier molecular flexibility index (Phi) is 6.46. The van der Waals surface area contributed by atoms with Crippen LogP contribution in [-0.2, 0) is 13.0 Å². The molecular formula is C18H25BrClN3O. The van der Waals surface area contributed by atoms with E-state index in [1.165, 1.54) is 0 Å². The maximum Gasteiger partial charge on any atom is 0.261 e. The molecule has 4 nitrogen and oxygen atoms in total. The Balaban J connectivity index is 2.52. The van der Waals surface area contributed by atoms with E-state index in [0.717, 1.165) is 36.1 Å². The van der Waals surface area contributed by atoms with E-state index in [2.05, 4.69) is 42.0 Å². The van der Waals surface area contributed by atoms with Crippen molar-refractivity contribution in [1.29, 1.82) is 0 Å². The van der Waals surface area contributed by atoms with Crippen LogP contribution in [0.3, 0.4) is 0 Å². The van der Waals surface area contributed by atoms with Gasteiger partial charge in [0.25, 0.3) is 5.56 Å². The Morgan fingerprint density at radius 2 is 2.00 bits per heavy atom. The van der Waals surface area contributed by atoms with Crippen LogP contribution in [0.15, 0.2) is 21.4 Å². The first-order chi connectivity index (χ1) is 11.2. The molecule has 2 rings (SSSR count). The second-order valence-electron chi connectivity index (χ2n) is 7.32. The number of halogens is 2. The van der Waals surface area contributed by atoms with Crippen LogP contribution in [0.5, 0.6) is 0 Å². The average Bonchev–Trinajstić information content (AvgIpc) is 2.48. The third kappa shape index (κ3) is 4.80. The molecule has 24 heavy (non-hydrogen) atoms. The molecule has 0 fully saturated rings. The van der Waals surface area contributed by atoms with Crippen molar-refractivity contribution in [2.24, 2.45) is 5.41 Å². The normalized spacial score (nSPS) is 12.1. The van der Waals surface area contributed by atoms with Crippen molar-refractivity contribution in [3.05, 3.63) is 37.8 Å². The van der Waals surface area contributed by atoms with Gasteiger partial charge in [-0.3, -0.25) is 9.36 Å². The summed E-state index contributed by atoms with van der Waals surface area (Å²) < 4.78 is 2.59. The summed E-state index contributed by atoms with van der Waals surface area (Å²) in [5.41, 5.74) is 0.691. The molecule has 0 atom stereocenters. The van der Waals surface area contributed by atoms with Gasteiger partial charge >= 0.3 is 0 Å². The molecule has 132 valence electrons. The summed E-state index contributed by atoms with van der Waals surface area (Å²) in [5.74, 6) is 0.854. The van der Waals surface area contributed by atoms with Crippen LogP contribution in [0.2, 0.25) is 5.02 Å². The van der Waals surface area contributed by atoms with Gasteiger partial charge in [0, 0.05) is 17.4 Å². The molecule has 0 bridgehead atoms. The number of rotatable bonds is 6. The Hall–Kier alpha value is -0.910. The smallest absolute Gasteiger partial charge is 0.261 e. The Morgan fingerprint density at radius 3 is 2.62 bits per heavy atom. The number of unbranched alkanes of at least 4 members (excludes halogenated alkanes) is 1. The zero-order valence-corrected chi connectivity index (χ0v) is 17.1. The minimum atomic E-state index is -0.00654. The minimum absolute atomic E-state index is 0.00192. The van der Waals surface area contributed by atoms with Crippen molar-refractivity contribution in [2.75, 3.05) is 13.6 Å². The number of hydrogen-bond acceptors (Lipinski definition) is 3. The minimum Gasteiger partial charge on any atom is -0.320 e. The molecule has 0 unspecified atom stereocenters.